The second kappa shape index (κ2) is 8.13. The minimum absolute atomic E-state index is 0.0131. The van der Waals surface area contributed by atoms with Gasteiger partial charge in [-0.2, -0.15) is 4.31 Å². The van der Waals surface area contributed by atoms with Crippen LogP contribution in [0, 0.1) is 11.7 Å². The highest BCUT2D eigenvalue weighted by molar-refractivity contribution is 7.89. The second-order valence-corrected chi connectivity index (χ2v) is 9.20. The molecule has 1 aromatic carbocycles. The molecule has 1 aromatic heterocycles. The van der Waals surface area contributed by atoms with Crippen molar-refractivity contribution in [2.75, 3.05) is 18.4 Å². The zero-order valence-corrected chi connectivity index (χ0v) is 17.1. The molecule has 0 atom stereocenters. The first-order valence-corrected chi connectivity index (χ1v) is 10.6. The van der Waals surface area contributed by atoms with Crippen molar-refractivity contribution in [2.24, 2.45) is 18.7 Å². The van der Waals surface area contributed by atoms with Crippen LogP contribution in [0.25, 0.3) is 0 Å². The fraction of sp³-hybridized carbons (Fsp3) is 0.333. The van der Waals surface area contributed by atoms with Crippen LogP contribution in [0.4, 0.5) is 10.1 Å². The first-order chi connectivity index (χ1) is 13.6. The van der Waals surface area contributed by atoms with Crippen LogP contribution in [0.15, 0.2) is 35.4 Å². The smallest absolute Gasteiger partial charge is 0.265 e. The van der Waals surface area contributed by atoms with E-state index in [1.807, 2.05) is 0 Å². The summed E-state index contributed by atoms with van der Waals surface area (Å²) < 4.78 is 42.1. The van der Waals surface area contributed by atoms with E-state index in [0.29, 0.717) is 5.02 Å². The third-order valence-corrected chi connectivity index (χ3v) is 6.98. The number of primary amides is 1. The van der Waals surface area contributed by atoms with Crippen molar-refractivity contribution in [3.63, 3.8) is 0 Å². The molecule has 2 heterocycles. The number of benzene rings is 1. The minimum Gasteiger partial charge on any atom is -0.364 e. The van der Waals surface area contributed by atoms with Gasteiger partial charge < -0.3 is 15.6 Å². The Hall–Kier alpha value is -2.43. The summed E-state index contributed by atoms with van der Waals surface area (Å²) in [6.07, 6.45) is 1.89. The van der Waals surface area contributed by atoms with Gasteiger partial charge in [-0.3, -0.25) is 9.59 Å². The number of nitrogens with one attached hydrogen (secondary N) is 1. The summed E-state index contributed by atoms with van der Waals surface area (Å²) in [7, 11) is -2.29. The maximum absolute atomic E-state index is 13.8. The monoisotopic (exact) mass is 442 g/mol. The normalized spacial score (nSPS) is 16.0. The van der Waals surface area contributed by atoms with Crippen LogP contribution < -0.4 is 11.1 Å². The van der Waals surface area contributed by atoms with Crippen molar-refractivity contribution in [2.45, 2.75) is 17.7 Å². The first kappa shape index (κ1) is 21.3. The molecule has 0 bridgehead atoms. The molecule has 0 saturated carbocycles. The van der Waals surface area contributed by atoms with Crippen LogP contribution in [0.3, 0.4) is 0 Å². The van der Waals surface area contributed by atoms with Crippen LogP contribution in [0.1, 0.15) is 23.3 Å². The second-order valence-electron chi connectivity index (χ2n) is 6.83. The Labute approximate surface area is 172 Å². The van der Waals surface area contributed by atoms with Gasteiger partial charge in [-0.15, -0.1) is 0 Å². The molecule has 1 aliphatic heterocycles. The first-order valence-electron chi connectivity index (χ1n) is 8.82. The van der Waals surface area contributed by atoms with E-state index in [2.05, 4.69) is 5.32 Å². The quantitative estimate of drug-likeness (QED) is 0.736. The van der Waals surface area contributed by atoms with Gasteiger partial charge in [-0.25, -0.2) is 12.8 Å². The fourth-order valence-electron chi connectivity index (χ4n) is 3.26. The van der Waals surface area contributed by atoms with Gasteiger partial charge in [0.15, 0.2) is 0 Å². The van der Waals surface area contributed by atoms with Crippen molar-refractivity contribution >= 4 is 39.1 Å². The number of aryl methyl sites for hydroxylation is 1. The van der Waals surface area contributed by atoms with E-state index in [4.69, 9.17) is 17.3 Å². The van der Waals surface area contributed by atoms with Gasteiger partial charge in [-0.05, 0) is 37.1 Å². The van der Waals surface area contributed by atoms with E-state index < -0.39 is 27.7 Å². The van der Waals surface area contributed by atoms with Crippen LogP contribution in [-0.2, 0) is 21.9 Å². The Morgan fingerprint density at radius 1 is 1.24 bits per heavy atom. The molecule has 1 aliphatic rings. The zero-order valence-electron chi connectivity index (χ0n) is 15.6. The summed E-state index contributed by atoms with van der Waals surface area (Å²) >= 11 is 5.82. The molecule has 2 aromatic rings. The van der Waals surface area contributed by atoms with E-state index in [1.54, 1.807) is 0 Å². The molecule has 0 unspecified atom stereocenters. The standard InChI is InChI=1S/C18H20ClFN4O4S/c1-23-10-13(9-16(23)17(21)25)29(27,28)24-6-4-11(5-7-24)18(26)22-15-8-12(19)2-3-14(15)20/h2-3,8-11H,4-7H2,1H3,(H2,21,25)(H,22,26). The van der Waals surface area contributed by atoms with Gasteiger partial charge in [-0.1, -0.05) is 11.6 Å². The van der Waals surface area contributed by atoms with Crippen molar-refractivity contribution in [1.29, 1.82) is 0 Å². The molecule has 2 amide bonds. The molecule has 1 saturated heterocycles. The number of carbonyl (C=O) groups is 2. The number of rotatable bonds is 5. The summed E-state index contributed by atoms with van der Waals surface area (Å²) in [6.45, 7) is 0.249. The molecule has 156 valence electrons. The Morgan fingerprint density at radius 2 is 1.90 bits per heavy atom. The van der Waals surface area contributed by atoms with Gasteiger partial charge in [0.1, 0.15) is 16.4 Å². The predicted molar refractivity (Wildman–Crippen MR) is 105 cm³/mol. The average Bonchev–Trinajstić information content (AvgIpc) is 3.07. The Bertz CT molecular complexity index is 1060. The van der Waals surface area contributed by atoms with Crippen molar-refractivity contribution in [3.8, 4) is 0 Å². The van der Waals surface area contributed by atoms with Gasteiger partial charge >= 0.3 is 0 Å². The molecule has 11 heteroatoms. The highest BCUT2D eigenvalue weighted by Crippen LogP contribution is 2.27. The van der Waals surface area contributed by atoms with Gasteiger partial charge in [0.25, 0.3) is 5.91 Å². The molecule has 29 heavy (non-hydrogen) atoms. The molecule has 8 nitrogen and oxygen atoms in total. The fourth-order valence-corrected chi connectivity index (χ4v) is 4.97. The van der Waals surface area contributed by atoms with Crippen LogP contribution in [0.5, 0.6) is 0 Å². The maximum Gasteiger partial charge on any atom is 0.265 e. The van der Waals surface area contributed by atoms with Gasteiger partial charge in [0, 0.05) is 37.3 Å². The summed E-state index contributed by atoms with van der Waals surface area (Å²) in [5, 5.41) is 2.80. The third-order valence-electron chi connectivity index (χ3n) is 4.88. The van der Waals surface area contributed by atoms with Crippen molar-refractivity contribution < 1.29 is 22.4 Å². The Balaban J connectivity index is 1.66. The molecule has 3 N–H and O–H groups in total. The summed E-state index contributed by atoms with van der Waals surface area (Å²) in [5.41, 5.74) is 5.31. The molecular weight excluding hydrogens is 423 g/mol. The van der Waals surface area contributed by atoms with E-state index in [0.717, 1.165) is 6.07 Å². The lowest BCUT2D eigenvalue weighted by Gasteiger charge is -2.30. The number of aromatic nitrogens is 1. The Kier molecular flexibility index (Phi) is 5.97. The predicted octanol–water partition coefficient (Wildman–Crippen LogP) is 1.96. The van der Waals surface area contributed by atoms with E-state index in [-0.39, 0.29) is 48.1 Å². The molecule has 0 spiro atoms. The number of sulfonamides is 1. The summed E-state index contributed by atoms with van der Waals surface area (Å²) in [4.78, 5) is 23.8. The Morgan fingerprint density at radius 3 is 2.48 bits per heavy atom. The number of hydrogen-bond acceptors (Lipinski definition) is 4. The number of hydrogen-bond donors (Lipinski definition) is 2. The maximum atomic E-state index is 13.8. The van der Waals surface area contributed by atoms with Gasteiger partial charge in [0.2, 0.25) is 15.9 Å². The van der Waals surface area contributed by atoms with Crippen LogP contribution in [-0.4, -0.2) is 42.2 Å². The molecule has 0 aliphatic carbocycles. The van der Waals surface area contributed by atoms with E-state index in [1.165, 1.54) is 40.3 Å². The summed E-state index contributed by atoms with van der Waals surface area (Å²) in [5.74, 6) is -2.18. The minimum atomic E-state index is -3.82. The number of amides is 2. The SMILES string of the molecule is Cn1cc(S(=O)(=O)N2CCC(C(=O)Nc3cc(Cl)ccc3F)CC2)cc1C(N)=O. The lowest BCUT2D eigenvalue weighted by Crippen LogP contribution is -2.41. The van der Waals surface area contributed by atoms with Crippen LogP contribution in [0.2, 0.25) is 5.02 Å². The highest BCUT2D eigenvalue weighted by Gasteiger charge is 2.33. The number of halogens is 2. The van der Waals surface area contributed by atoms with Gasteiger partial charge in [0.05, 0.1) is 5.69 Å². The number of nitrogens with zero attached hydrogens (tertiary/aromatic N) is 2. The third kappa shape index (κ3) is 4.44. The lowest BCUT2D eigenvalue weighted by atomic mass is 9.97. The van der Waals surface area contributed by atoms with Crippen LogP contribution >= 0.6 is 11.6 Å². The number of nitrogens with two attached hydrogens (primary N) is 1. The van der Waals surface area contributed by atoms with Crippen molar-refractivity contribution in [3.05, 3.63) is 47.0 Å². The van der Waals surface area contributed by atoms with E-state index >= 15 is 0 Å². The average molecular weight is 443 g/mol. The molecular formula is C18H20ClFN4O4S. The highest BCUT2D eigenvalue weighted by atomic mass is 35.5. The zero-order chi connectivity index (χ0) is 21.3. The lowest BCUT2D eigenvalue weighted by molar-refractivity contribution is -0.120. The van der Waals surface area contributed by atoms with Crippen molar-refractivity contribution in [1.82, 2.24) is 8.87 Å². The molecule has 1 fully saturated rings. The summed E-state index contributed by atoms with van der Waals surface area (Å²) in [6, 6.07) is 5.09. The van der Waals surface area contributed by atoms with E-state index in [9.17, 15) is 22.4 Å². The molecule has 3 rings (SSSR count). The molecule has 0 radical (unpaired) electrons. The number of piperidine rings is 1. The largest absolute Gasteiger partial charge is 0.364 e. The topological polar surface area (TPSA) is 114 Å². The number of carbonyl (C=O) groups excluding carboxylic acids is 2. The number of anilines is 1.